The summed E-state index contributed by atoms with van der Waals surface area (Å²) in [7, 11) is 0. The van der Waals surface area contributed by atoms with Gasteiger partial charge in [-0.05, 0) is 18.6 Å². The van der Waals surface area contributed by atoms with Gasteiger partial charge in [0.1, 0.15) is 0 Å². The highest BCUT2D eigenvalue weighted by Crippen LogP contribution is 2.34. The number of hydrogen-bond donors (Lipinski definition) is 3. The van der Waals surface area contributed by atoms with E-state index in [2.05, 4.69) is 19.9 Å². The molecule has 0 fully saturated rings. The van der Waals surface area contributed by atoms with Crippen molar-refractivity contribution in [3.05, 3.63) is 17.0 Å². The van der Waals surface area contributed by atoms with Gasteiger partial charge in [0.25, 0.3) is 0 Å². The van der Waals surface area contributed by atoms with Gasteiger partial charge in [0.05, 0.1) is 23.5 Å². The predicted octanol–water partition coefficient (Wildman–Crippen LogP) is 1.96. The van der Waals surface area contributed by atoms with Crippen LogP contribution in [-0.2, 0) is 0 Å². The minimum absolute atomic E-state index is 0.0737. The molecule has 1 aromatic heterocycles. The SMILES string of the molecule is CC(C)Sc1ccc(C(O)CCN(CCO)CCO)s1. The van der Waals surface area contributed by atoms with Crippen molar-refractivity contribution in [3.63, 3.8) is 0 Å². The van der Waals surface area contributed by atoms with E-state index in [1.807, 2.05) is 22.7 Å². The Hall–Kier alpha value is -0.110. The van der Waals surface area contributed by atoms with Crippen molar-refractivity contribution < 1.29 is 15.3 Å². The lowest BCUT2D eigenvalue weighted by molar-refractivity contribution is 0.120. The van der Waals surface area contributed by atoms with Crippen LogP contribution in [0, 0.1) is 0 Å². The Labute approximate surface area is 129 Å². The molecule has 4 nitrogen and oxygen atoms in total. The van der Waals surface area contributed by atoms with Crippen LogP contribution in [0.3, 0.4) is 0 Å². The number of thiophene rings is 1. The molecule has 1 heterocycles. The van der Waals surface area contributed by atoms with Crippen LogP contribution in [0.5, 0.6) is 0 Å². The maximum absolute atomic E-state index is 10.2. The molecular formula is C14H25NO3S2. The monoisotopic (exact) mass is 319 g/mol. The number of hydrogen-bond acceptors (Lipinski definition) is 6. The van der Waals surface area contributed by atoms with Crippen molar-refractivity contribution in [1.29, 1.82) is 0 Å². The Kier molecular flexibility index (Phi) is 8.75. The number of aliphatic hydroxyl groups is 3. The normalized spacial score (nSPS) is 13.3. The molecule has 0 saturated heterocycles. The van der Waals surface area contributed by atoms with Gasteiger partial charge in [-0.3, -0.25) is 4.90 Å². The van der Waals surface area contributed by atoms with Gasteiger partial charge in [0.2, 0.25) is 0 Å². The Morgan fingerprint density at radius 3 is 2.35 bits per heavy atom. The number of thioether (sulfide) groups is 1. The van der Waals surface area contributed by atoms with E-state index in [0.29, 0.717) is 31.3 Å². The van der Waals surface area contributed by atoms with Crippen LogP contribution in [0.4, 0.5) is 0 Å². The second kappa shape index (κ2) is 9.76. The molecule has 0 aliphatic rings. The van der Waals surface area contributed by atoms with E-state index < -0.39 is 6.10 Å². The fourth-order valence-electron chi connectivity index (χ4n) is 1.87. The predicted molar refractivity (Wildman–Crippen MR) is 85.5 cm³/mol. The molecule has 6 heteroatoms. The molecule has 1 rings (SSSR count). The molecule has 0 spiro atoms. The number of aliphatic hydroxyl groups excluding tert-OH is 3. The van der Waals surface area contributed by atoms with Gasteiger partial charge in [-0.1, -0.05) is 13.8 Å². The largest absolute Gasteiger partial charge is 0.395 e. The Morgan fingerprint density at radius 1 is 1.15 bits per heavy atom. The highest BCUT2D eigenvalue weighted by molar-refractivity contribution is 8.01. The van der Waals surface area contributed by atoms with E-state index in [0.717, 1.165) is 4.88 Å². The van der Waals surface area contributed by atoms with Gasteiger partial charge < -0.3 is 15.3 Å². The zero-order valence-electron chi connectivity index (χ0n) is 12.2. The first kappa shape index (κ1) is 17.9. The van der Waals surface area contributed by atoms with E-state index in [-0.39, 0.29) is 13.2 Å². The minimum Gasteiger partial charge on any atom is -0.395 e. The van der Waals surface area contributed by atoms with E-state index in [1.54, 1.807) is 11.3 Å². The number of rotatable bonds is 10. The first-order valence-electron chi connectivity index (χ1n) is 6.95. The second-order valence-corrected chi connectivity index (χ2v) is 7.91. The van der Waals surface area contributed by atoms with E-state index in [9.17, 15) is 5.11 Å². The maximum Gasteiger partial charge on any atom is 0.0894 e. The van der Waals surface area contributed by atoms with Gasteiger partial charge in [0, 0.05) is 29.8 Å². The van der Waals surface area contributed by atoms with E-state index in [4.69, 9.17) is 10.2 Å². The van der Waals surface area contributed by atoms with Crippen LogP contribution < -0.4 is 0 Å². The Bertz CT molecular complexity index is 365. The molecule has 0 radical (unpaired) electrons. The Balaban J connectivity index is 2.44. The third kappa shape index (κ3) is 6.56. The lowest BCUT2D eigenvalue weighted by Gasteiger charge is -2.21. The number of nitrogens with zero attached hydrogens (tertiary/aromatic N) is 1. The molecular weight excluding hydrogens is 294 g/mol. The second-order valence-electron chi connectivity index (χ2n) is 4.92. The summed E-state index contributed by atoms with van der Waals surface area (Å²) in [6, 6.07) is 4.05. The summed E-state index contributed by atoms with van der Waals surface area (Å²) in [6.07, 6.45) is 0.146. The summed E-state index contributed by atoms with van der Waals surface area (Å²) in [5.74, 6) is 0. The fourth-order valence-corrected chi connectivity index (χ4v) is 4.30. The van der Waals surface area contributed by atoms with Crippen LogP contribution in [0.15, 0.2) is 16.3 Å². The molecule has 0 amide bonds. The first-order chi connectivity index (χ1) is 9.56. The molecule has 1 aromatic rings. The lowest BCUT2D eigenvalue weighted by Crippen LogP contribution is -2.31. The third-order valence-corrected chi connectivity index (χ3v) is 5.19. The van der Waals surface area contributed by atoms with Crippen molar-refractivity contribution in [2.75, 3.05) is 32.8 Å². The molecule has 0 saturated carbocycles. The van der Waals surface area contributed by atoms with Gasteiger partial charge >= 0.3 is 0 Å². The summed E-state index contributed by atoms with van der Waals surface area (Å²) in [6.45, 7) is 6.20. The van der Waals surface area contributed by atoms with Crippen LogP contribution in [0.25, 0.3) is 0 Å². The average molecular weight is 319 g/mol. The zero-order valence-corrected chi connectivity index (χ0v) is 13.8. The minimum atomic E-state index is -0.471. The summed E-state index contributed by atoms with van der Waals surface area (Å²) < 4.78 is 1.23. The van der Waals surface area contributed by atoms with Gasteiger partial charge in [-0.2, -0.15) is 0 Å². The highest BCUT2D eigenvalue weighted by atomic mass is 32.2. The van der Waals surface area contributed by atoms with Crippen LogP contribution >= 0.6 is 23.1 Å². The highest BCUT2D eigenvalue weighted by Gasteiger charge is 2.13. The topological polar surface area (TPSA) is 63.9 Å². The van der Waals surface area contributed by atoms with E-state index in [1.165, 1.54) is 4.21 Å². The Morgan fingerprint density at radius 2 is 1.80 bits per heavy atom. The van der Waals surface area contributed by atoms with Crippen molar-refractivity contribution in [1.82, 2.24) is 4.90 Å². The molecule has 0 aromatic carbocycles. The summed E-state index contributed by atoms with van der Waals surface area (Å²) in [5, 5.41) is 28.6. The third-order valence-electron chi connectivity index (χ3n) is 2.83. The van der Waals surface area contributed by atoms with Crippen molar-refractivity contribution >= 4 is 23.1 Å². The molecule has 0 aliphatic carbocycles. The van der Waals surface area contributed by atoms with Crippen molar-refractivity contribution in [2.45, 2.75) is 35.8 Å². The quantitative estimate of drug-likeness (QED) is 0.575. The standard InChI is InChI=1S/C14H25NO3S2/c1-11(2)19-14-4-3-13(20-14)12(18)5-6-15(7-9-16)8-10-17/h3-4,11-12,16-18H,5-10H2,1-2H3. The van der Waals surface area contributed by atoms with Gasteiger partial charge in [0.15, 0.2) is 0 Å². The van der Waals surface area contributed by atoms with Crippen molar-refractivity contribution in [3.8, 4) is 0 Å². The zero-order chi connectivity index (χ0) is 15.0. The van der Waals surface area contributed by atoms with Crippen molar-refractivity contribution in [2.24, 2.45) is 0 Å². The molecule has 0 aliphatic heterocycles. The molecule has 1 atom stereocenters. The maximum atomic E-state index is 10.2. The summed E-state index contributed by atoms with van der Waals surface area (Å²) in [5.41, 5.74) is 0. The molecule has 0 bridgehead atoms. The smallest absolute Gasteiger partial charge is 0.0894 e. The molecule has 1 unspecified atom stereocenters. The average Bonchev–Trinajstić information content (AvgIpc) is 2.83. The lowest BCUT2D eigenvalue weighted by atomic mass is 10.2. The van der Waals surface area contributed by atoms with Gasteiger partial charge in [-0.25, -0.2) is 0 Å². The molecule has 116 valence electrons. The van der Waals surface area contributed by atoms with Crippen LogP contribution in [0.1, 0.15) is 31.2 Å². The van der Waals surface area contributed by atoms with Crippen LogP contribution in [-0.4, -0.2) is 58.3 Å². The molecule has 3 N–H and O–H groups in total. The fraction of sp³-hybridized carbons (Fsp3) is 0.714. The van der Waals surface area contributed by atoms with Crippen LogP contribution in [0.2, 0.25) is 0 Å². The van der Waals surface area contributed by atoms with Gasteiger partial charge in [-0.15, -0.1) is 23.1 Å². The molecule has 20 heavy (non-hydrogen) atoms. The summed E-state index contributed by atoms with van der Waals surface area (Å²) in [4.78, 5) is 2.95. The summed E-state index contributed by atoms with van der Waals surface area (Å²) >= 11 is 3.45. The van der Waals surface area contributed by atoms with E-state index >= 15 is 0 Å². The first-order valence-corrected chi connectivity index (χ1v) is 8.65.